The standard InChI is InChI=1S/C82H158O13/c1-11-21-31-35-39-43-47-51-55-69(56-52-48-44-40-36-32-22-12-2)65-73(83)91-67-71-75(85-59-25-15-5)77(87-61-27-17-7)79(89-63-29-19-9)81(93-71)95-82-80(90-64-30-20-10)78(88-62-28-18-8)76(86-60-26-16-6)72(94-82)68-92-74(84)66-70(57-53-49-45-41-37-33-23-13-3)58-54-50-46-42-38-34-24-14-4/h69-72,75-82H,11-68H2,1-10H3/t71?,72?,75-,76-,77+,78+,79?,80?,81-,82-/m1/s1. The Hall–Kier alpha value is -1.42. The summed E-state index contributed by atoms with van der Waals surface area (Å²) in [5.74, 6) is 0.150. The van der Waals surface area contributed by atoms with Gasteiger partial charge < -0.3 is 52.1 Å². The van der Waals surface area contributed by atoms with Crippen molar-refractivity contribution >= 4 is 11.9 Å². The third-order valence-corrected chi connectivity index (χ3v) is 19.9. The van der Waals surface area contributed by atoms with Crippen LogP contribution in [-0.2, 0) is 61.7 Å². The van der Waals surface area contributed by atoms with E-state index in [1.807, 2.05) is 0 Å². The molecule has 0 bridgehead atoms. The fraction of sp³-hybridized carbons (Fsp3) is 0.976. The Balaban J connectivity index is 2.64. The Morgan fingerprint density at radius 1 is 0.263 bits per heavy atom. The SMILES string of the molecule is CCCCCCCCCCC(CCCCCCCCCC)CC(=O)OCC1O[C@H](O[C@H]2OC(COC(=O)CC(CCCCCCCCCC)CCCCCCCCCC)[C@@H](OCCCC)[C@H](OCCCC)C2OCCCC)C(OCCCC)[C@@H](OCCCC)[C@@H]1OCCCC. The molecule has 0 spiro atoms. The molecule has 2 aliphatic heterocycles. The lowest BCUT2D eigenvalue weighted by Crippen LogP contribution is -2.66. The fourth-order valence-corrected chi connectivity index (χ4v) is 13.6. The zero-order valence-electron chi connectivity index (χ0n) is 64.2. The van der Waals surface area contributed by atoms with Crippen LogP contribution in [0.5, 0.6) is 0 Å². The lowest BCUT2D eigenvalue weighted by Gasteiger charge is -2.49. The van der Waals surface area contributed by atoms with E-state index in [0.29, 0.717) is 52.5 Å². The number of esters is 2. The molecule has 564 valence electrons. The summed E-state index contributed by atoms with van der Waals surface area (Å²) in [6.07, 6.45) is 48.6. The molecule has 0 aromatic heterocycles. The van der Waals surface area contributed by atoms with Gasteiger partial charge in [-0.1, -0.05) is 313 Å². The van der Waals surface area contributed by atoms with Crippen LogP contribution in [0.1, 0.15) is 390 Å². The summed E-state index contributed by atoms with van der Waals surface area (Å²) in [5, 5.41) is 0. The Labute approximate surface area is 587 Å². The highest BCUT2D eigenvalue weighted by atomic mass is 16.8. The molecule has 0 saturated carbocycles. The van der Waals surface area contributed by atoms with Crippen molar-refractivity contribution in [2.24, 2.45) is 11.8 Å². The van der Waals surface area contributed by atoms with Gasteiger partial charge >= 0.3 is 11.9 Å². The number of hydrogen-bond acceptors (Lipinski definition) is 13. The maximum atomic E-state index is 14.4. The smallest absolute Gasteiger partial charge is 0.306 e. The molecule has 0 aromatic carbocycles. The van der Waals surface area contributed by atoms with Gasteiger partial charge in [0.05, 0.1) is 0 Å². The van der Waals surface area contributed by atoms with E-state index < -0.39 is 61.4 Å². The van der Waals surface area contributed by atoms with Gasteiger partial charge in [-0.05, 0) is 76.0 Å². The molecule has 0 N–H and O–H groups in total. The molecule has 0 radical (unpaired) electrons. The van der Waals surface area contributed by atoms with Crippen molar-refractivity contribution < 1.29 is 61.7 Å². The van der Waals surface area contributed by atoms with E-state index in [1.54, 1.807) is 0 Å². The van der Waals surface area contributed by atoms with Gasteiger partial charge in [-0.25, -0.2) is 0 Å². The predicted octanol–water partition coefficient (Wildman–Crippen LogP) is 22.8. The normalized spacial score (nSPS) is 21.6. The summed E-state index contributed by atoms with van der Waals surface area (Å²) in [6.45, 7) is 24.9. The molecular weight excluding hydrogens is 1190 g/mol. The van der Waals surface area contributed by atoms with Crippen molar-refractivity contribution in [3.05, 3.63) is 0 Å². The second kappa shape index (κ2) is 64.7. The first kappa shape index (κ1) is 89.7. The monoisotopic (exact) mass is 1350 g/mol. The minimum atomic E-state index is -1.06. The molecule has 2 rings (SSSR count). The Bertz CT molecular complexity index is 1500. The number of carbonyl (C=O) groups excluding carboxylic acids is 2. The van der Waals surface area contributed by atoms with Crippen molar-refractivity contribution in [1.82, 2.24) is 0 Å². The predicted molar refractivity (Wildman–Crippen MR) is 393 cm³/mol. The molecular formula is C82H158O13. The minimum Gasteiger partial charge on any atom is -0.463 e. The molecule has 2 saturated heterocycles. The van der Waals surface area contributed by atoms with Gasteiger partial charge in [0.25, 0.3) is 0 Å². The maximum Gasteiger partial charge on any atom is 0.306 e. The van der Waals surface area contributed by atoms with E-state index in [-0.39, 0.29) is 37.0 Å². The van der Waals surface area contributed by atoms with Gasteiger partial charge in [-0.2, -0.15) is 0 Å². The fourth-order valence-electron chi connectivity index (χ4n) is 13.6. The lowest BCUT2D eigenvalue weighted by atomic mass is 9.91. The van der Waals surface area contributed by atoms with Crippen molar-refractivity contribution in [2.45, 2.75) is 452 Å². The van der Waals surface area contributed by atoms with E-state index in [9.17, 15) is 9.59 Å². The maximum absolute atomic E-state index is 14.4. The van der Waals surface area contributed by atoms with Gasteiger partial charge in [-0.15, -0.1) is 0 Å². The Morgan fingerprint density at radius 2 is 0.474 bits per heavy atom. The summed E-state index contributed by atoms with van der Waals surface area (Å²) in [7, 11) is 0. The third-order valence-electron chi connectivity index (χ3n) is 19.9. The molecule has 0 amide bonds. The molecule has 13 heteroatoms. The molecule has 4 unspecified atom stereocenters. The summed E-state index contributed by atoms with van der Waals surface area (Å²) in [5.41, 5.74) is 0. The molecule has 13 nitrogen and oxygen atoms in total. The first-order chi connectivity index (χ1) is 46.7. The molecule has 0 aromatic rings. The second-order valence-corrected chi connectivity index (χ2v) is 28.9. The summed E-state index contributed by atoms with van der Waals surface area (Å²) < 4.78 is 76.3. The van der Waals surface area contributed by atoms with Crippen LogP contribution in [0.4, 0.5) is 0 Å². The summed E-state index contributed by atoms with van der Waals surface area (Å²) >= 11 is 0. The molecule has 10 atom stereocenters. The second-order valence-electron chi connectivity index (χ2n) is 28.9. The van der Waals surface area contributed by atoms with Crippen LogP contribution in [0.2, 0.25) is 0 Å². The van der Waals surface area contributed by atoms with Gasteiger partial charge in [0.15, 0.2) is 12.6 Å². The Morgan fingerprint density at radius 3 is 0.716 bits per heavy atom. The average molecular weight is 1350 g/mol. The first-order valence-electron chi connectivity index (χ1n) is 41.7. The number of carbonyl (C=O) groups is 2. The van der Waals surface area contributed by atoms with Crippen molar-refractivity contribution in [3.8, 4) is 0 Å². The number of rotatable bonds is 70. The Kier molecular flexibility index (Phi) is 61.0. The van der Waals surface area contributed by atoms with Crippen molar-refractivity contribution in [2.75, 3.05) is 52.9 Å². The minimum absolute atomic E-state index is 0.0250. The highest BCUT2D eigenvalue weighted by Gasteiger charge is 2.54. The van der Waals surface area contributed by atoms with Crippen LogP contribution >= 0.6 is 0 Å². The number of ether oxygens (including phenoxy) is 11. The van der Waals surface area contributed by atoms with E-state index >= 15 is 0 Å². The summed E-state index contributed by atoms with van der Waals surface area (Å²) in [4.78, 5) is 28.8. The number of unbranched alkanes of at least 4 members (excludes halogenated alkanes) is 34. The highest BCUT2D eigenvalue weighted by molar-refractivity contribution is 5.70. The molecule has 2 fully saturated rings. The highest BCUT2D eigenvalue weighted by Crippen LogP contribution is 2.37. The van der Waals surface area contributed by atoms with Crippen LogP contribution in [0, 0.1) is 11.8 Å². The zero-order valence-corrected chi connectivity index (χ0v) is 64.2. The van der Waals surface area contributed by atoms with Crippen LogP contribution in [0.15, 0.2) is 0 Å². The van der Waals surface area contributed by atoms with E-state index in [0.717, 1.165) is 128 Å². The molecule has 0 aliphatic carbocycles. The van der Waals surface area contributed by atoms with Gasteiger partial charge in [-0.3, -0.25) is 9.59 Å². The molecule has 2 heterocycles. The van der Waals surface area contributed by atoms with Crippen LogP contribution in [-0.4, -0.2) is 126 Å². The van der Waals surface area contributed by atoms with E-state index in [1.165, 1.54) is 180 Å². The first-order valence-corrected chi connectivity index (χ1v) is 41.7. The largest absolute Gasteiger partial charge is 0.463 e. The van der Waals surface area contributed by atoms with Crippen LogP contribution in [0.3, 0.4) is 0 Å². The zero-order chi connectivity index (χ0) is 68.9. The van der Waals surface area contributed by atoms with Crippen LogP contribution < -0.4 is 0 Å². The van der Waals surface area contributed by atoms with Gasteiger partial charge in [0.2, 0.25) is 0 Å². The van der Waals surface area contributed by atoms with Gasteiger partial charge in [0, 0.05) is 52.5 Å². The summed E-state index contributed by atoms with van der Waals surface area (Å²) in [6, 6.07) is 0. The lowest BCUT2D eigenvalue weighted by molar-refractivity contribution is -0.390. The molecule has 95 heavy (non-hydrogen) atoms. The van der Waals surface area contributed by atoms with E-state index in [2.05, 4.69) is 69.2 Å². The van der Waals surface area contributed by atoms with Crippen molar-refractivity contribution in [3.63, 3.8) is 0 Å². The van der Waals surface area contributed by atoms with Crippen LogP contribution in [0.25, 0.3) is 0 Å². The molecule has 2 aliphatic rings. The number of hydrogen-bond donors (Lipinski definition) is 0. The third kappa shape index (κ3) is 44.5. The average Bonchev–Trinajstić information content (AvgIpc) is 0.779. The van der Waals surface area contributed by atoms with Crippen molar-refractivity contribution in [1.29, 1.82) is 0 Å². The topological polar surface area (TPSA) is 136 Å². The van der Waals surface area contributed by atoms with Gasteiger partial charge in [0.1, 0.15) is 62.0 Å². The quantitative estimate of drug-likeness (QED) is 0.0423. The van der Waals surface area contributed by atoms with E-state index in [4.69, 9.17) is 52.1 Å².